The van der Waals surface area contributed by atoms with Gasteiger partial charge in [0.1, 0.15) is 11.3 Å². The van der Waals surface area contributed by atoms with Gasteiger partial charge in [-0.05, 0) is 43.3 Å². The van der Waals surface area contributed by atoms with Crippen molar-refractivity contribution in [3.05, 3.63) is 84.3 Å². The Morgan fingerprint density at radius 3 is 2.62 bits per heavy atom. The van der Waals surface area contributed by atoms with Crippen molar-refractivity contribution in [1.82, 2.24) is 14.5 Å². The maximum absolute atomic E-state index is 12.5. The van der Waals surface area contributed by atoms with Gasteiger partial charge in [-0.25, -0.2) is 9.97 Å². The van der Waals surface area contributed by atoms with Crippen LogP contribution in [0.3, 0.4) is 0 Å². The number of aryl methyl sites for hydroxylation is 1. The van der Waals surface area contributed by atoms with E-state index in [4.69, 9.17) is 0 Å². The summed E-state index contributed by atoms with van der Waals surface area (Å²) in [6.07, 6.45) is 2.46. The first-order chi connectivity index (χ1) is 14.1. The monoisotopic (exact) mass is 384 g/mol. The molecule has 0 unspecified atom stereocenters. The normalized spacial score (nSPS) is 10.8. The standard InChI is InChI=1S/C23H20N4O2/c1-16(28)17-7-5-8-18(15-17)25-22(29)13-12-21-26-20-11-6-14-24-23(20)27(21)19-9-3-2-4-10-19/h2-11,14-15H,12-13H2,1H3,(H,25,29). The Labute approximate surface area is 168 Å². The van der Waals surface area contributed by atoms with Gasteiger partial charge in [0.05, 0.1) is 0 Å². The van der Waals surface area contributed by atoms with Crippen molar-refractivity contribution in [1.29, 1.82) is 0 Å². The number of amides is 1. The topological polar surface area (TPSA) is 76.9 Å². The number of rotatable bonds is 6. The molecule has 0 aliphatic rings. The zero-order valence-electron chi connectivity index (χ0n) is 16.0. The Bertz CT molecular complexity index is 1180. The molecule has 144 valence electrons. The number of carbonyl (C=O) groups is 2. The number of ketones is 1. The van der Waals surface area contributed by atoms with E-state index in [9.17, 15) is 9.59 Å². The number of hydrogen-bond acceptors (Lipinski definition) is 4. The number of aromatic nitrogens is 3. The molecule has 0 fully saturated rings. The first-order valence-electron chi connectivity index (χ1n) is 9.40. The molecule has 29 heavy (non-hydrogen) atoms. The number of carbonyl (C=O) groups excluding carboxylic acids is 2. The molecule has 0 saturated heterocycles. The number of hydrogen-bond donors (Lipinski definition) is 1. The third-order valence-electron chi connectivity index (χ3n) is 4.63. The number of Topliss-reactive ketones (excluding diaryl/α,β-unsaturated/α-hetero) is 1. The van der Waals surface area contributed by atoms with E-state index in [0.29, 0.717) is 17.7 Å². The summed E-state index contributed by atoms with van der Waals surface area (Å²) in [5, 5.41) is 2.86. The van der Waals surface area contributed by atoms with E-state index in [2.05, 4.69) is 15.3 Å². The second-order valence-electron chi connectivity index (χ2n) is 6.73. The van der Waals surface area contributed by atoms with E-state index < -0.39 is 0 Å². The molecule has 0 radical (unpaired) electrons. The highest BCUT2D eigenvalue weighted by atomic mass is 16.1. The molecular formula is C23H20N4O2. The van der Waals surface area contributed by atoms with Gasteiger partial charge in [0.25, 0.3) is 0 Å². The fourth-order valence-corrected chi connectivity index (χ4v) is 3.24. The van der Waals surface area contributed by atoms with Crippen molar-refractivity contribution in [3.8, 4) is 5.69 Å². The van der Waals surface area contributed by atoms with Crippen molar-refractivity contribution in [3.63, 3.8) is 0 Å². The van der Waals surface area contributed by atoms with Gasteiger partial charge in [0, 0.05) is 36.0 Å². The summed E-state index contributed by atoms with van der Waals surface area (Å²) in [4.78, 5) is 33.2. The quantitative estimate of drug-likeness (QED) is 0.506. The number of benzene rings is 2. The largest absolute Gasteiger partial charge is 0.326 e. The smallest absolute Gasteiger partial charge is 0.224 e. The lowest BCUT2D eigenvalue weighted by atomic mass is 10.1. The molecule has 4 aromatic rings. The summed E-state index contributed by atoms with van der Waals surface area (Å²) < 4.78 is 1.99. The molecule has 1 N–H and O–H groups in total. The highest BCUT2D eigenvalue weighted by molar-refractivity contribution is 5.97. The van der Waals surface area contributed by atoms with Gasteiger partial charge in [-0.15, -0.1) is 0 Å². The molecule has 6 heteroatoms. The molecule has 2 aromatic carbocycles. The molecule has 6 nitrogen and oxygen atoms in total. The van der Waals surface area contributed by atoms with Crippen molar-refractivity contribution in [2.75, 3.05) is 5.32 Å². The van der Waals surface area contributed by atoms with E-state index in [0.717, 1.165) is 22.7 Å². The predicted octanol–water partition coefficient (Wildman–Crippen LogP) is 4.19. The minimum absolute atomic E-state index is 0.0369. The second-order valence-corrected chi connectivity index (χ2v) is 6.73. The molecule has 1 amide bonds. The van der Waals surface area contributed by atoms with Crippen molar-refractivity contribution >= 4 is 28.5 Å². The summed E-state index contributed by atoms with van der Waals surface area (Å²) in [6.45, 7) is 1.50. The number of pyridine rings is 1. The van der Waals surface area contributed by atoms with Gasteiger partial charge in [-0.3, -0.25) is 14.2 Å². The summed E-state index contributed by atoms with van der Waals surface area (Å²) in [6, 6.07) is 20.6. The van der Waals surface area contributed by atoms with Crippen molar-refractivity contribution in [2.45, 2.75) is 19.8 Å². The van der Waals surface area contributed by atoms with Crippen LogP contribution in [0.5, 0.6) is 0 Å². The number of nitrogens with one attached hydrogen (secondary N) is 1. The van der Waals surface area contributed by atoms with Crippen LogP contribution in [-0.4, -0.2) is 26.2 Å². The summed E-state index contributed by atoms with van der Waals surface area (Å²) in [5.41, 5.74) is 3.70. The van der Waals surface area contributed by atoms with Gasteiger partial charge in [0.2, 0.25) is 5.91 Å². The predicted molar refractivity (Wildman–Crippen MR) is 112 cm³/mol. The van der Waals surface area contributed by atoms with Crippen LogP contribution >= 0.6 is 0 Å². The van der Waals surface area contributed by atoms with Crippen LogP contribution in [0, 0.1) is 0 Å². The lowest BCUT2D eigenvalue weighted by Crippen LogP contribution is -2.14. The Kier molecular flexibility index (Phi) is 5.16. The van der Waals surface area contributed by atoms with Crippen LogP contribution in [0.4, 0.5) is 5.69 Å². The number of imidazole rings is 1. The molecule has 2 heterocycles. The lowest BCUT2D eigenvalue weighted by molar-refractivity contribution is -0.116. The van der Waals surface area contributed by atoms with E-state index in [1.165, 1.54) is 6.92 Å². The third-order valence-corrected chi connectivity index (χ3v) is 4.63. The van der Waals surface area contributed by atoms with E-state index in [1.807, 2.05) is 47.0 Å². The Balaban J connectivity index is 1.55. The molecule has 0 aliphatic carbocycles. The Morgan fingerprint density at radius 1 is 1.00 bits per heavy atom. The fourth-order valence-electron chi connectivity index (χ4n) is 3.24. The SMILES string of the molecule is CC(=O)c1cccc(NC(=O)CCc2nc3cccnc3n2-c2ccccc2)c1. The second kappa shape index (κ2) is 8.06. The maximum atomic E-state index is 12.5. The molecule has 0 aliphatic heterocycles. The molecule has 0 saturated carbocycles. The van der Waals surface area contributed by atoms with Gasteiger partial charge in [-0.1, -0.05) is 30.3 Å². The van der Waals surface area contributed by atoms with Gasteiger partial charge < -0.3 is 5.32 Å². The van der Waals surface area contributed by atoms with E-state index >= 15 is 0 Å². The average molecular weight is 384 g/mol. The van der Waals surface area contributed by atoms with Gasteiger partial charge >= 0.3 is 0 Å². The first-order valence-corrected chi connectivity index (χ1v) is 9.40. The van der Waals surface area contributed by atoms with E-state index in [-0.39, 0.29) is 18.1 Å². The third kappa shape index (κ3) is 4.06. The zero-order chi connectivity index (χ0) is 20.2. The summed E-state index contributed by atoms with van der Waals surface area (Å²) in [5.74, 6) is 0.605. The van der Waals surface area contributed by atoms with Crippen LogP contribution < -0.4 is 5.32 Å². The summed E-state index contributed by atoms with van der Waals surface area (Å²) in [7, 11) is 0. The van der Waals surface area contributed by atoms with Gasteiger partial charge in [-0.2, -0.15) is 0 Å². The van der Waals surface area contributed by atoms with Crippen molar-refractivity contribution < 1.29 is 9.59 Å². The molecule has 0 atom stereocenters. The van der Waals surface area contributed by atoms with Crippen LogP contribution in [0.15, 0.2) is 72.9 Å². The molecule has 0 bridgehead atoms. The number of anilines is 1. The minimum Gasteiger partial charge on any atom is -0.326 e. The molecule has 0 spiro atoms. The number of para-hydroxylation sites is 1. The summed E-state index contributed by atoms with van der Waals surface area (Å²) >= 11 is 0. The van der Waals surface area contributed by atoms with Crippen LogP contribution in [0.25, 0.3) is 16.9 Å². The maximum Gasteiger partial charge on any atom is 0.224 e. The minimum atomic E-state index is -0.134. The van der Waals surface area contributed by atoms with Gasteiger partial charge in [0.15, 0.2) is 11.4 Å². The Hall–Kier alpha value is -3.80. The number of fused-ring (bicyclic) bond motifs is 1. The fraction of sp³-hybridized carbons (Fsp3) is 0.130. The Morgan fingerprint density at radius 2 is 1.83 bits per heavy atom. The van der Waals surface area contributed by atoms with Crippen LogP contribution in [-0.2, 0) is 11.2 Å². The van der Waals surface area contributed by atoms with Crippen molar-refractivity contribution in [2.24, 2.45) is 0 Å². The zero-order valence-corrected chi connectivity index (χ0v) is 16.0. The molecule has 2 aromatic heterocycles. The van der Waals surface area contributed by atoms with Crippen LogP contribution in [0.1, 0.15) is 29.5 Å². The highest BCUT2D eigenvalue weighted by Crippen LogP contribution is 2.21. The number of nitrogens with zero attached hydrogens (tertiary/aromatic N) is 3. The van der Waals surface area contributed by atoms with E-state index in [1.54, 1.807) is 30.5 Å². The lowest BCUT2D eigenvalue weighted by Gasteiger charge is -2.09. The first kappa shape index (κ1) is 18.6. The molecule has 4 rings (SSSR count). The molecular weight excluding hydrogens is 364 g/mol. The average Bonchev–Trinajstić information content (AvgIpc) is 3.11. The van der Waals surface area contributed by atoms with Crippen LogP contribution in [0.2, 0.25) is 0 Å². The highest BCUT2D eigenvalue weighted by Gasteiger charge is 2.15.